The number of imidazole rings is 1. The van der Waals surface area contributed by atoms with Crippen LogP contribution in [-0.2, 0) is 0 Å². The molecule has 2 aromatic rings. The zero-order valence-electron chi connectivity index (χ0n) is 7.58. The molecular formula is C8H7BFN3O2. The molecule has 0 aromatic carbocycles. The van der Waals surface area contributed by atoms with E-state index in [2.05, 4.69) is 9.97 Å². The lowest BCUT2D eigenvalue weighted by atomic mass is 9.81. The van der Waals surface area contributed by atoms with Crippen LogP contribution in [0, 0.1) is 5.82 Å². The van der Waals surface area contributed by atoms with Crippen LogP contribution in [0.2, 0.25) is 0 Å². The average molecular weight is 207 g/mol. The highest BCUT2D eigenvalue weighted by Crippen LogP contribution is 2.04. The molecule has 0 aliphatic heterocycles. The van der Waals surface area contributed by atoms with Crippen molar-refractivity contribution in [2.24, 2.45) is 0 Å². The van der Waals surface area contributed by atoms with E-state index < -0.39 is 12.9 Å². The summed E-state index contributed by atoms with van der Waals surface area (Å²) >= 11 is 0. The summed E-state index contributed by atoms with van der Waals surface area (Å²) in [6, 6.07) is 1.11. The Morgan fingerprint density at radius 1 is 1.40 bits per heavy atom. The zero-order chi connectivity index (χ0) is 10.8. The van der Waals surface area contributed by atoms with Crippen molar-refractivity contribution in [2.75, 3.05) is 0 Å². The van der Waals surface area contributed by atoms with E-state index >= 15 is 0 Å². The molecule has 2 heterocycles. The van der Waals surface area contributed by atoms with Crippen LogP contribution in [0.1, 0.15) is 0 Å². The maximum Gasteiger partial charge on any atom is 0.493 e. The SMILES string of the molecule is OB(O)c1cnc(-n2ccnc2)cc1F. The van der Waals surface area contributed by atoms with Crippen LogP contribution in [0.25, 0.3) is 5.82 Å². The smallest absolute Gasteiger partial charge is 0.423 e. The Morgan fingerprint density at radius 3 is 2.73 bits per heavy atom. The first-order valence-corrected chi connectivity index (χ1v) is 4.18. The summed E-state index contributed by atoms with van der Waals surface area (Å²) in [4.78, 5) is 7.65. The van der Waals surface area contributed by atoms with Gasteiger partial charge < -0.3 is 10.0 Å². The molecule has 0 radical (unpaired) electrons. The Kier molecular flexibility index (Phi) is 2.48. The largest absolute Gasteiger partial charge is 0.493 e. The van der Waals surface area contributed by atoms with Gasteiger partial charge in [-0.05, 0) is 0 Å². The maximum atomic E-state index is 13.3. The number of halogens is 1. The number of hydrogen-bond acceptors (Lipinski definition) is 4. The van der Waals surface area contributed by atoms with Gasteiger partial charge in [-0.1, -0.05) is 0 Å². The minimum absolute atomic E-state index is 0.251. The fourth-order valence-corrected chi connectivity index (χ4v) is 1.16. The Bertz CT molecular complexity index is 461. The van der Waals surface area contributed by atoms with E-state index in [1.165, 1.54) is 17.1 Å². The Hall–Kier alpha value is -1.73. The Balaban J connectivity index is 2.42. The molecule has 15 heavy (non-hydrogen) atoms. The van der Waals surface area contributed by atoms with E-state index in [0.717, 1.165) is 12.3 Å². The maximum absolute atomic E-state index is 13.3. The minimum atomic E-state index is -1.85. The summed E-state index contributed by atoms with van der Waals surface area (Å²) in [5, 5.41) is 17.6. The van der Waals surface area contributed by atoms with E-state index in [1.54, 1.807) is 6.20 Å². The van der Waals surface area contributed by atoms with Crippen molar-refractivity contribution in [3.63, 3.8) is 0 Å². The lowest BCUT2D eigenvalue weighted by molar-refractivity contribution is 0.422. The van der Waals surface area contributed by atoms with E-state index in [9.17, 15) is 4.39 Å². The number of hydrogen-bond donors (Lipinski definition) is 2. The first-order valence-electron chi connectivity index (χ1n) is 4.18. The summed E-state index contributed by atoms with van der Waals surface area (Å²) in [6.07, 6.45) is 5.69. The molecular weight excluding hydrogens is 200 g/mol. The van der Waals surface area contributed by atoms with Gasteiger partial charge in [0.25, 0.3) is 0 Å². The van der Waals surface area contributed by atoms with Crippen LogP contribution in [0.5, 0.6) is 0 Å². The normalized spacial score (nSPS) is 10.3. The molecule has 0 saturated heterocycles. The minimum Gasteiger partial charge on any atom is -0.423 e. The summed E-state index contributed by atoms with van der Waals surface area (Å²) in [5.74, 6) is -0.391. The third kappa shape index (κ3) is 1.88. The van der Waals surface area contributed by atoms with Gasteiger partial charge in [0.2, 0.25) is 0 Å². The second-order valence-electron chi connectivity index (χ2n) is 2.91. The summed E-state index contributed by atoms with van der Waals surface area (Å²) in [5.41, 5.74) is -0.251. The highest BCUT2D eigenvalue weighted by molar-refractivity contribution is 6.58. The molecule has 5 nitrogen and oxygen atoms in total. The first kappa shape index (κ1) is 9.82. The van der Waals surface area contributed by atoms with Gasteiger partial charge in [-0.3, -0.25) is 4.57 Å². The molecule has 0 unspecified atom stereocenters. The fraction of sp³-hybridized carbons (Fsp3) is 0. The lowest BCUT2D eigenvalue weighted by Crippen LogP contribution is -2.33. The van der Waals surface area contributed by atoms with Gasteiger partial charge >= 0.3 is 7.12 Å². The van der Waals surface area contributed by atoms with Crippen LogP contribution in [0.4, 0.5) is 4.39 Å². The monoisotopic (exact) mass is 207 g/mol. The molecule has 0 spiro atoms. The van der Waals surface area contributed by atoms with Crippen LogP contribution in [0.3, 0.4) is 0 Å². The Labute approximate surface area is 85.0 Å². The number of rotatable bonds is 2. The summed E-state index contributed by atoms with van der Waals surface area (Å²) in [6.45, 7) is 0. The van der Waals surface area contributed by atoms with Crippen LogP contribution in [0.15, 0.2) is 31.0 Å². The lowest BCUT2D eigenvalue weighted by Gasteiger charge is -2.04. The second kappa shape index (κ2) is 3.80. The van der Waals surface area contributed by atoms with Gasteiger partial charge in [0.05, 0.1) is 0 Å². The predicted octanol–water partition coefficient (Wildman–Crippen LogP) is -0.914. The molecule has 2 aromatic heterocycles. The van der Waals surface area contributed by atoms with Crippen molar-refractivity contribution < 1.29 is 14.4 Å². The van der Waals surface area contributed by atoms with Gasteiger partial charge in [-0.2, -0.15) is 0 Å². The van der Waals surface area contributed by atoms with Crippen LogP contribution in [-0.4, -0.2) is 31.7 Å². The second-order valence-corrected chi connectivity index (χ2v) is 2.91. The van der Waals surface area contributed by atoms with Crippen molar-refractivity contribution in [1.29, 1.82) is 0 Å². The van der Waals surface area contributed by atoms with Crippen molar-refractivity contribution in [1.82, 2.24) is 14.5 Å². The predicted molar refractivity (Wildman–Crippen MR) is 51.1 cm³/mol. The molecule has 0 bridgehead atoms. The van der Waals surface area contributed by atoms with Gasteiger partial charge in [0, 0.05) is 30.1 Å². The Morgan fingerprint density at radius 2 is 2.20 bits per heavy atom. The average Bonchev–Trinajstić information content (AvgIpc) is 2.69. The summed E-state index contributed by atoms with van der Waals surface area (Å²) < 4.78 is 14.8. The van der Waals surface area contributed by atoms with Crippen LogP contribution < -0.4 is 5.46 Å². The quantitative estimate of drug-likeness (QED) is 0.625. The fourth-order valence-electron chi connectivity index (χ4n) is 1.16. The molecule has 0 aliphatic carbocycles. The summed E-state index contributed by atoms with van der Waals surface area (Å²) in [7, 11) is -1.85. The van der Waals surface area contributed by atoms with Crippen molar-refractivity contribution in [2.45, 2.75) is 0 Å². The molecule has 7 heteroatoms. The van der Waals surface area contributed by atoms with Crippen LogP contribution >= 0.6 is 0 Å². The number of nitrogens with zero attached hydrogens (tertiary/aromatic N) is 3. The number of aromatic nitrogens is 3. The first-order chi connectivity index (χ1) is 7.18. The number of pyridine rings is 1. The molecule has 76 valence electrons. The van der Waals surface area contributed by atoms with E-state index in [0.29, 0.717) is 5.82 Å². The molecule has 2 N–H and O–H groups in total. The molecule has 0 fully saturated rings. The van der Waals surface area contributed by atoms with E-state index in [-0.39, 0.29) is 5.46 Å². The molecule has 0 saturated carbocycles. The van der Waals surface area contributed by atoms with Gasteiger partial charge in [-0.25, -0.2) is 14.4 Å². The topological polar surface area (TPSA) is 71.2 Å². The van der Waals surface area contributed by atoms with Gasteiger partial charge in [0.1, 0.15) is 18.0 Å². The van der Waals surface area contributed by atoms with Crippen molar-refractivity contribution >= 4 is 12.6 Å². The zero-order valence-corrected chi connectivity index (χ0v) is 7.58. The van der Waals surface area contributed by atoms with E-state index in [4.69, 9.17) is 10.0 Å². The third-order valence-corrected chi connectivity index (χ3v) is 1.91. The standard InChI is InChI=1S/C8H7BFN3O2/c10-7-3-8(13-2-1-11-5-13)12-4-6(7)9(14)15/h1-5,14-15H. The van der Waals surface area contributed by atoms with Gasteiger partial charge in [0.15, 0.2) is 0 Å². The molecule has 2 rings (SSSR count). The highest BCUT2D eigenvalue weighted by Gasteiger charge is 2.17. The van der Waals surface area contributed by atoms with Crippen molar-refractivity contribution in [3.05, 3.63) is 36.8 Å². The molecule has 0 amide bonds. The molecule has 0 atom stereocenters. The molecule has 0 aliphatic rings. The van der Waals surface area contributed by atoms with E-state index in [1.807, 2.05) is 0 Å². The van der Waals surface area contributed by atoms with Crippen molar-refractivity contribution in [3.8, 4) is 5.82 Å². The highest BCUT2D eigenvalue weighted by atomic mass is 19.1. The third-order valence-electron chi connectivity index (χ3n) is 1.91. The van der Waals surface area contributed by atoms with Gasteiger partial charge in [-0.15, -0.1) is 0 Å².